The number of carbonyl (C=O) groups excluding carboxylic acids is 1. The number of ether oxygens (including phenoxy) is 1. The third kappa shape index (κ3) is 3.66. The van der Waals surface area contributed by atoms with E-state index in [2.05, 4.69) is 17.4 Å². The predicted molar refractivity (Wildman–Crippen MR) is 124 cm³/mol. The normalized spacial score (nSPS) is 13.3. The molecule has 7 heteroatoms. The van der Waals surface area contributed by atoms with E-state index in [9.17, 15) is 4.79 Å². The third-order valence-electron chi connectivity index (χ3n) is 5.82. The molecule has 5 rings (SSSR count). The van der Waals surface area contributed by atoms with E-state index in [1.54, 1.807) is 6.07 Å². The Morgan fingerprint density at radius 2 is 1.97 bits per heavy atom. The van der Waals surface area contributed by atoms with Gasteiger partial charge in [0.25, 0.3) is 0 Å². The first-order valence-electron chi connectivity index (χ1n) is 10.8. The molecule has 0 fully saturated rings. The molecule has 0 radical (unpaired) electrons. The van der Waals surface area contributed by atoms with Crippen molar-refractivity contribution < 1.29 is 9.53 Å². The maximum atomic E-state index is 11.9. The summed E-state index contributed by atoms with van der Waals surface area (Å²) in [7, 11) is 0. The number of carbonyl (C=O) groups is 1. The van der Waals surface area contributed by atoms with E-state index in [0.717, 1.165) is 47.2 Å². The fourth-order valence-electron chi connectivity index (χ4n) is 4.24. The molecule has 0 unspecified atom stereocenters. The minimum atomic E-state index is -0.454. The number of anilines is 1. The van der Waals surface area contributed by atoms with Gasteiger partial charge in [-0.1, -0.05) is 36.4 Å². The number of nitrogens with zero attached hydrogens (tertiary/aromatic N) is 3. The summed E-state index contributed by atoms with van der Waals surface area (Å²) in [6, 6.07) is 17.7. The highest BCUT2D eigenvalue weighted by atomic mass is 16.5. The Morgan fingerprint density at radius 1 is 1.12 bits per heavy atom. The van der Waals surface area contributed by atoms with Crippen molar-refractivity contribution in [3.63, 3.8) is 0 Å². The van der Waals surface area contributed by atoms with Crippen LogP contribution in [0.2, 0.25) is 0 Å². The Morgan fingerprint density at radius 3 is 2.78 bits per heavy atom. The Kier molecular flexibility index (Phi) is 5.23. The molecule has 0 saturated heterocycles. The van der Waals surface area contributed by atoms with Gasteiger partial charge < -0.3 is 15.8 Å². The van der Waals surface area contributed by atoms with Gasteiger partial charge in [0, 0.05) is 23.2 Å². The first-order valence-corrected chi connectivity index (χ1v) is 10.8. The lowest BCUT2D eigenvalue weighted by Gasteiger charge is -2.16. The smallest absolute Gasteiger partial charge is 0.249 e. The van der Waals surface area contributed by atoms with Crippen LogP contribution in [0.4, 0.5) is 5.82 Å². The molecular formula is C25H25N5O2. The summed E-state index contributed by atoms with van der Waals surface area (Å²) < 4.78 is 7.96. The van der Waals surface area contributed by atoms with Crippen molar-refractivity contribution in [1.82, 2.24) is 14.5 Å². The fourth-order valence-corrected chi connectivity index (χ4v) is 4.24. The number of hydrogen-bond donors (Lipinski definition) is 2. The molecule has 0 atom stereocenters. The van der Waals surface area contributed by atoms with Gasteiger partial charge in [0.05, 0.1) is 17.7 Å². The summed E-state index contributed by atoms with van der Waals surface area (Å²) in [5, 5.41) is 4.29. The lowest BCUT2D eigenvalue weighted by atomic mass is 10.1. The van der Waals surface area contributed by atoms with Crippen molar-refractivity contribution in [2.24, 2.45) is 5.73 Å². The van der Waals surface area contributed by atoms with Crippen LogP contribution in [-0.4, -0.2) is 27.0 Å². The SMILES string of the molecule is Cc1cc2c(C(N)=O)cccc2n1-c1nc(NCc2ccccc2)c2c(n1)OCCCC2. The van der Waals surface area contributed by atoms with E-state index in [1.807, 2.05) is 47.9 Å². The van der Waals surface area contributed by atoms with Crippen molar-refractivity contribution in [2.75, 3.05) is 11.9 Å². The van der Waals surface area contributed by atoms with Crippen LogP contribution in [0.25, 0.3) is 16.9 Å². The summed E-state index contributed by atoms with van der Waals surface area (Å²) in [5.41, 5.74) is 10.0. The largest absolute Gasteiger partial charge is 0.477 e. The Balaban J connectivity index is 1.63. The fraction of sp³-hybridized carbons (Fsp3) is 0.240. The summed E-state index contributed by atoms with van der Waals surface area (Å²) in [6.45, 7) is 3.26. The van der Waals surface area contributed by atoms with Crippen LogP contribution in [-0.2, 0) is 13.0 Å². The van der Waals surface area contributed by atoms with E-state index in [1.165, 1.54) is 5.56 Å². The van der Waals surface area contributed by atoms with Gasteiger partial charge in [0.15, 0.2) is 0 Å². The second-order valence-corrected chi connectivity index (χ2v) is 8.02. The summed E-state index contributed by atoms with van der Waals surface area (Å²) in [5.74, 6) is 1.46. The topological polar surface area (TPSA) is 95.1 Å². The van der Waals surface area contributed by atoms with Gasteiger partial charge >= 0.3 is 0 Å². The molecule has 1 amide bonds. The van der Waals surface area contributed by atoms with Crippen LogP contribution in [0.5, 0.6) is 5.88 Å². The number of nitrogens with two attached hydrogens (primary N) is 1. The van der Waals surface area contributed by atoms with Crippen molar-refractivity contribution in [1.29, 1.82) is 0 Å². The maximum absolute atomic E-state index is 11.9. The predicted octanol–water partition coefficient (Wildman–Crippen LogP) is 4.16. The number of amides is 1. The van der Waals surface area contributed by atoms with E-state index in [-0.39, 0.29) is 0 Å². The number of aromatic nitrogens is 3. The van der Waals surface area contributed by atoms with Gasteiger partial charge in [-0.15, -0.1) is 0 Å². The standard InChI is InChI=1S/C25H25N5O2/c1-16-14-20-18(22(26)31)11-7-12-21(20)30(16)25-28-23(27-15-17-8-3-2-4-9-17)19-10-5-6-13-32-24(19)29-25/h2-4,7-9,11-12,14H,5-6,10,13,15H2,1H3,(H2,26,31)(H,27,28,29). The van der Waals surface area contributed by atoms with Crippen LogP contribution in [0.3, 0.4) is 0 Å². The van der Waals surface area contributed by atoms with E-state index < -0.39 is 5.91 Å². The van der Waals surface area contributed by atoms with Crippen molar-refractivity contribution >= 4 is 22.6 Å². The molecule has 0 spiro atoms. The zero-order valence-corrected chi connectivity index (χ0v) is 18.0. The van der Waals surface area contributed by atoms with Crippen molar-refractivity contribution in [2.45, 2.75) is 32.7 Å². The van der Waals surface area contributed by atoms with E-state index in [4.69, 9.17) is 20.4 Å². The Labute approximate surface area is 186 Å². The number of fused-ring (bicyclic) bond motifs is 2. The highest BCUT2D eigenvalue weighted by molar-refractivity contribution is 6.06. The molecule has 7 nitrogen and oxygen atoms in total. The second-order valence-electron chi connectivity index (χ2n) is 8.02. The molecule has 3 heterocycles. The minimum Gasteiger partial charge on any atom is -0.477 e. The maximum Gasteiger partial charge on any atom is 0.249 e. The molecule has 3 N–H and O–H groups in total. The highest BCUT2D eigenvalue weighted by Crippen LogP contribution is 2.32. The minimum absolute atomic E-state index is 0.454. The first kappa shape index (κ1) is 20.1. The molecule has 1 aliphatic heterocycles. The van der Waals surface area contributed by atoms with Gasteiger partial charge in [0.2, 0.25) is 17.7 Å². The average Bonchev–Trinajstić information content (AvgIpc) is 2.96. The second kappa shape index (κ2) is 8.34. The number of primary amides is 1. The number of aryl methyl sites for hydroxylation is 1. The lowest BCUT2D eigenvalue weighted by Crippen LogP contribution is -2.12. The average molecular weight is 428 g/mol. The summed E-state index contributed by atoms with van der Waals surface area (Å²) in [4.78, 5) is 21.6. The van der Waals surface area contributed by atoms with Crippen LogP contribution in [0, 0.1) is 6.92 Å². The van der Waals surface area contributed by atoms with E-state index >= 15 is 0 Å². The Bertz CT molecular complexity index is 1300. The summed E-state index contributed by atoms with van der Waals surface area (Å²) in [6.07, 6.45) is 2.88. The van der Waals surface area contributed by atoms with Crippen LogP contribution >= 0.6 is 0 Å². The number of hydrogen-bond acceptors (Lipinski definition) is 5. The van der Waals surface area contributed by atoms with Crippen LogP contribution in [0.15, 0.2) is 54.6 Å². The molecule has 2 aromatic carbocycles. The molecule has 32 heavy (non-hydrogen) atoms. The highest BCUT2D eigenvalue weighted by Gasteiger charge is 2.21. The van der Waals surface area contributed by atoms with Crippen LogP contribution in [0.1, 0.15) is 40.0 Å². The number of nitrogens with one attached hydrogen (secondary N) is 1. The molecule has 0 saturated carbocycles. The van der Waals surface area contributed by atoms with Gasteiger partial charge in [-0.05, 0) is 49.9 Å². The molecule has 1 aliphatic rings. The van der Waals surface area contributed by atoms with Gasteiger partial charge in [-0.3, -0.25) is 9.36 Å². The van der Waals surface area contributed by atoms with Crippen LogP contribution < -0.4 is 15.8 Å². The Hall–Kier alpha value is -3.87. The van der Waals surface area contributed by atoms with Crippen molar-refractivity contribution in [3.05, 3.63) is 77.0 Å². The van der Waals surface area contributed by atoms with Crippen molar-refractivity contribution in [3.8, 4) is 11.8 Å². The molecular weight excluding hydrogens is 402 g/mol. The van der Waals surface area contributed by atoms with Gasteiger partial charge in [-0.25, -0.2) is 0 Å². The molecule has 162 valence electrons. The lowest BCUT2D eigenvalue weighted by molar-refractivity contribution is 0.100. The third-order valence-corrected chi connectivity index (χ3v) is 5.82. The molecule has 0 bridgehead atoms. The van der Waals surface area contributed by atoms with E-state index in [0.29, 0.717) is 30.5 Å². The molecule has 2 aromatic heterocycles. The van der Waals surface area contributed by atoms with Gasteiger partial charge in [0.1, 0.15) is 5.82 Å². The number of rotatable bonds is 5. The monoisotopic (exact) mass is 427 g/mol. The zero-order chi connectivity index (χ0) is 22.1. The quantitative estimate of drug-likeness (QED) is 0.499. The first-order chi connectivity index (χ1) is 15.6. The van der Waals surface area contributed by atoms with Gasteiger partial charge in [-0.2, -0.15) is 9.97 Å². The summed E-state index contributed by atoms with van der Waals surface area (Å²) >= 11 is 0. The number of benzene rings is 2. The zero-order valence-electron chi connectivity index (χ0n) is 18.0. The molecule has 0 aliphatic carbocycles. The molecule has 4 aromatic rings.